The highest BCUT2D eigenvalue weighted by Gasteiger charge is 2.24. The Morgan fingerprint density at radius 1 is 0.149 bits per heavy atom. The number of fused-ring (bicyclic) bond motifs is 4. The number of hydrogen-bond donors (Lipinski definition) is 0. The van der Waals surface area contributed by atoms with Crippen LogP contribution in [-0.4, -0.2) is 0 Å². The van der Waals surface area contributed by atoms with Crippen LogP contribution in [0.3, 0.4) is 0 Å². The monoisotopic (exact) mass is 1690 g/mol. The molecule has 0 fully saturated rings. The van der Waals surface area contributed by atoms with Crippen LogP contribution >= 0.6 is 0 Å². The van der Waals surface area contributed by atoms with Crippen LogP contribution in [0.1, 0.15) is 55.6 Å². The zero-order valence-electron chi connectivity index (χ0n) is 72.7. The summed E-state index contributed by atoms with van der Waals surface area (Å²) in [5, 5.41) is 42.0. The molecular weight excluding hydrogens is 1620 g/mol. The van der Waals surface area contributed by atoms with E-state index in [0.29, 0.717) is 11.1 Å². The highest BCUT2D eigenvalue weighted by atomic mass is 15.1. The Balaban J connectivity index is 0.000000160. The predicted octanol–water partition coefficient (Wildman–Crippen LogP) is 32.7. The van der Waals surface area contributed by atoms with Gasteiger partial charge in [-0.1, -0.05) is 314 Å². The number of benzene rings is 24. The molecule has 0 aromatic heterocycles. The SMILES string of the molecule is C(#Cc1cc(-c2ccc3ccccc3c2)c2ccc3c(C#Cc4ccc(N(c5ccccc5)c5ccccc5)cc4)cc(-c4ccc5ccccc5c4)c4ccc1c2c34)c1ccc(N(c2ccccc2)c2ccccc2)cc1.N#Cc1ccc(C#Cc2cc(-c3ccc4ccccc4c3)c3ccc4c(C#Cc5ccc(C#N)cc5)cc(-c5ccc6ccccc6c5)c5ccc2c3c45)cc1. The van der Waals surface area contributed by atoms with Gasteiger partial charge in [0.1, 0.15) is 0 Å². The fourth-order valence-corrected chi connectivity index (χ4v) is 19.2. The van der Waals surface area contributed by atoms with Crippen LogP contribution in [0.2, 0.25) is 0 Å². The average Bonchev–Trinajstić information content (AvgIpc) is 0.713. The lowest BCUT2D eigenvalue weighted by Gasteiger charge is -2.25. The maximum Gasteiger partial charge on any atom is 0.0991 e. The minimum Gasteiger partial charge on any atom is -0.311 e. The molecule has 0 saturated carbocycles. The number of nitriles is 2. The summed E-state index contributed by atoms with van der Waals surface area (Å²) in [5.41, 5.74) is 24.2. The van der Waals surface area contributed by atoms with Crippen LogP contribution in [0, 0.1) is 70.0 Å². The lowest BCUT2D eigenvalue weighted by atomic mass is 9.83. The minimum absolute atomic E-state index is 0.608. The third-order valence-corrected chi connectivity index (χ3v) is 25.7. The summed E-state index contributed by atoms with van der Waals surface area (Å²) in [7, 11) is 0. The van der Waals surface area contributed by atoms with Crippen molar-refractivity contribution in [2.75, 3.05) is 9.80 Å². The molecule has 0 aliphatic heterocycles. The summed E-state index contributed by atoms with van der Waals surface area (Å²) in [5.74, 6) is 28.7. The van der Waals surface area contributed by atoms with Crippen LogP contribution in [0.5, 0.6) is 0 Å². The molecule has 0 aliphatic rings. The standard InChI is InChI=1S/C76H48N2.C54H28N2/c1-5-21-63(22-6-1)77(64-23-7-2-8-24-64)67-41-31-53(32-42-67)29-35-61-51-73(59-39-37-55-17-13-15-19-57(55)49-59)71-48-46-70-62(36-30-54-33-43-68(44-34-54)78(65-25-9-3-10-26-65)66-27-11-4-12-28-66)52-74(72-47-45-69(61)75(71)76(70)72)60-40-38-56-18-14-16-20-58(56)50-60;55-33-37-13-9-35(10-14-37)17-19-45-31-51(43-23-21-39-5-1-3-7-41(39)29-43)49-27-25-48-46(20-18-36-11-15-38(34-56)16-12-36)32-52(50-28-26-47(45)53(49)54(48)50)44-24-22-40-6-2-4-8-42(40)30-44/h1-28,31-34,37-52H;1-16,21-32H. The smallest absolute Gasteiger partial charge is 0.0991 e. The molecule has 0 saturated heterocycles. The van der Waals surface area contributed by atoms with Gasteiger partial charge in [0.25, 0.3) is 0 Å². The van der Waals surface area contributed by atoms with E-state index in [-0.39, 0.29) is 0 Å². The molecule has 0 radical (unpaired) electrons. The fourth-order valence-electron chi connectivity index (χ4n) is 19.2. The summed E-state index contributed by atoms with van der Waals surface area (Å²) in [6.07, 6.45) is 0. The van der Waals surface area contributed by atoms with Crippen molar-refractivity contribution < 1.29 is 0 Å². The highest BCUT2D eigenvalue weighted by Crippen LogP contribution is 2.49. The largest absolute Gasteiger partial charge is 0.311 e. The van der Waals surface area contributed by atoms with Gasteiger partial charge in [0.15, 0.2) is 0 Å². The second-order valence-electron chi connectivity index (χ2n) is 33.8. The van der Waals surface area contributed by atoms with Gasteiger partial charge in [0, 0.05) is 78.6 Å². The van der Waals surface area contributed by atoms with Gasteiger partial charge < -0.3 is 9.80 Å². The molecule has 0 amide bonds. The molecular formula is C130H76N4. The maximum absolute atomic E-state index is 9.36. The first kappa shape index (κ1) is 79.8. The van der Waals surface area contributed by atoms with E-state index in [1.807, 2.05) is 48.5 Å². The molecule has 24 aromatic rings. The first-order valence-corrected chi connectivity index (χ1v) is 44.9. The predicted molar refractivity (Wildman–Crippen MR) is 561 cm³/mol. The van der Waals surface area contributed by atoms with Crippen LogP contribution in [0.25, 0.3) is 152 Å². The molecule has 24 aromatic carbocycles. The molecule has 0 atom stereocenters. The maximum atomic E-state index is 9.36. The van der Waals surface area contributed by atoms with E-state index in [1.165, 1.54) is 64.6 Å². The van der Waals surface area contributed by atoms with Crippen LogP contribution < -0.4 is 9.80 Å². The molecule has 134 heavy (non-hydrogen) atoms. The molecule has 4 heteroatoms. The van der Waals surface area contributed by atoms with E-state index in [0.717, 1.165) is 166 Å². The number of nitrogens with zero attached hydrogens (tertiary/aromatic N) is 4. The van der Waals surface area contributed by atoms with Gasteiger partial charge in [-0.25, -0.2) is 0 Å². The van der Waals surface area contributed by atoms with E-state index in [9.17, 15) is 10.5 Å². The third-order valence-electron chi connectivity index (χ3n) is 25.7. The van der Waals surface area contributed by atoms with Gasteiger partial charge >= 0.3 is 0 Å². The molecule has 0 bridgehead atoms. The van der Waals surface area contributed by atoms with Gasteiger partial charge in [0.05, 0.1) is 23.3 Å². The van der Waals surface area contributed by atoms with E-state index in [2.05, 4.69) is 482 Å². The number of rotatable bonds is 10. The Morgan fingerprint density at radius 3 is 0.575 bits per heavy atom. The van der Waals surface area contributed by atoms with Crippen molar-refractivity contribution in [3.05, 3.63) is 517 Å². The summed E-state index contributed by atoms with van der Waals surface area (Å²) >= 11 is 0. The van der Waals surface area contributed by atoms with Crippen molar-refractivity contribution in [1.29, 1.82) is 10.5 Å². The average molecular weight is 1690 g/mol. The van der Waals surface area contributed by atoms with E-state index in [1.54, 1.807) is 0 Å². The third kappa shape index (κ3) is 15.3. The van der Waals surface area contributed by atoms with Crippen molar-refractivity contribution >= 4 is 142 Å². The van der Waals surface area contributed by atoms with Gasteiger partial charge in [-0.2, -0.15) is 10.5 Å². The zero-order valence-corrected chi connectivity index (χ0v) is 72.7. The second kappa shape index (κ2) is 34.8. The molecule has 616 valence electrons. The van der Waals surface area contributed by atoms with Crippen molar-refractivity contribution in [2.45, 2.75) is 0 Å². The molecule has 0 heterocycles. The normalized spacial score (nSPS) is 11.0. The zero-order chi connectivity index (χ0) is 89.4. The second-order valence-corrected chi connectivity index (χ2v) is 33.8. The number of hydrogen-bond acceptors (Lipinski definition) is 4. The van der Waals surface area contributed by atoms with Crippen molar-refractivity contribution in [2.24, 2.45) is 0 Å². The minimum atomic E-state index is 0.608. The summed E-state index contributed by atoms with van der Waals surface area (Å²) in [4.78, 5) is 4.56. The Kier molecular flexibility index (Phi) is 20.7. The van der Waals surface area contributed by atoms with Crippen LogP contribution in [-0.2, 0) is 0 Å². The Bertz CT molecular complexity index is 8510. The van der Waals surface area contributed by atoms with Crippen molar-refractivity contribution in [3.8, 4) is 104 Å². The fraction of sp³-hybridized carbons (Fsp3) is 0. The molecule has 4 nitrogen and oxygen atoms in total. The van der Waals surface area contributed by atoms with Crippen LogP contribution in [0.15, 0.2) is 461 Å². The number of para-hydroxylation sites is 4. The van der Waals surface area contributed by atoms with Crippen molar-refractivity contribution in [1.82, 2.24) is 0 Å². The quantitative estimate of drug-likeness (QED) is 0.101. The van der Waals surface area contributed by atoms with Gasteiger partial charge in [0.2, 0.25) is 0 Å². The Morgan fingerprint density at radius 2 is 0.343 bits per heavy atom. The molecule has 0 spiro atoms. The topological polar surface area (TPSA) is 54.1 Å². The Labute approximate surface area is 777 Å². The molecule has 0 unspecified atom stereocenters. The van der Waals surface area contributed by atoms with E-state index in [4.69, 9.17) is 0 Å². The lowest BCUT2D eigenvalue weighted by Crippen LogP contribution is -2.09. The first-order valence-electron chi connectivity index (χ1n) is 44.9. The molecule has 24 rings (SSSR count). The van der Waals surface area contributed by atoms with Crippen molar-refractivity contribution in [3.63, 3.8) is 0 Å². The molecule has 0 aliphatic carbocycles. The lowest BCUT2D eigenvalue weighted by molar-refractivity contribution is 1.28. The summed E-state index contributed by atoms with van der Waals surface area (Å²) in [6, 6.07) is 167. The summed E-state index contributed by atoms with van der Waals surface area (Å²) < 4.78 is 0. The van der Waals surface area contributed by atoms with Crippen LogP contribution in [0.4, 0.5) is 34.1 Å². The van der Waals surface area contributed by atoms with Gasteiger partial charge in [-0.15, -0.1) is 0 Å². The number of anilines is 6. The van der Waals surface area contributed by atoms with Gasteiger partial charge in [-0.05, 0) is 346 Å². The highest BCUT2D eigenvalue weighted by molar-refractivity contribution is 6.31. The molecule has 0 N–H and O–H groups in total. The van der Waals surface area contributed by atoms with E-state index < -0.39 is 0 Å². The Hall–Kier alpha value is -18.8. The summed E-state index contributed by atoms with van der Waals surface area (Å²) in [6.45, 7) is 0. The first-order chi connectivity index (χ1) is 66.3. The van der Waals surface area contributed by atoms with Gasteiger partial charge in [-0.3, -0.25) is 0 Å². The van der Waals surface area contributed by atoms with E-state index >= 15 is 0 Å².